The highest BCUT2D eigenvalue weighted by atomic mass is 16.5. The molecule has 4 heteroatoms. The molecule has 2 saturated heterocycles. The van der Waals surface area contributed by atoms with Gasteiger partial charge in [-0.15, -0.1) is 0 Å². The molecule has 2 rings (SSSR count). The van der Waals surface area contributed by atoms with Gasteiger partial charge in [-0.1, -0.05) is 6.92 Å². The molecule has 0 saturated carbocycles. The van der Waals surface area contributed by atoms with Crippen molar-refractivity contribution in [1.29, 1.82) is 0 Å². The van der Waals surface area contributed by atoms with Crippen molar-refractivity contribution in [1.82, 2.24) is 15.1 Å². The maximum absolute atomic E-state index is 5.80. The van der Waals surface area contributed by atoms with E-state index in [0.29, 0.717) is 11.5 Å². The lowest BCUT2D eigenvalue weighted by Gasteiger charge is -2.46. The van der Waals surface area contributed by atoms with Crippen LogP contribution >= 0.6 is 0 Å². The maximum Gasteiger partial charge on any atom is 0.0546 e. The van der Waals surface area contributed by atoms with E-state index in [1.54, 1.807) is 0 Å². The maximum atomic E-state index is 5.80. The minimum absolute atomic E-state index is 0.332. The van der Waals surface area contributed by atoms with Crippen LogP contribution in [0.25, 0.3) is 0 Å². The first-order valence-corrected chi connectivity index (χ1v) is 7.86. The summed E-state index contributed by atoms with van der Waals surface area (Å²) in [4.78, 5) is 5.11. The lowest BCUT2D eigenvalue weighted by atomic mass is 9.81. The van der Waals surface area contributed by atoms with E-state index >= 15 is 0 Å². The first kappa shape index (κ1) is 15.2. The molecule has 0 amide bonds. The van der Waals surface area contributed by atoms with Gasteiger partial charge in [0.2, 0.25) is 0 Å². The van der Waals surface area contributed by atoms with E-state index in [9.17, 15) is 0 Å². The number of piperazine rings is 1. The van der Waals surface area contributed by atoms with Crippen molar-refractivity contribution in [2.24, 2.45) is 5.41 Å². The smallest absolute Gasteiger partial charge is 0.0546 e. The molecule has 0 aromatic carbocycles. The summed E-state index contributed by atoms with van der Waals surface area (Å²) in [7, 11) is 2.23. The van der Waals surface area contributed by atoms with Gasteiger partial charge in [-0.3, -0.25) is 4.90 Å². The summed E-state index contributed by atoms with van der Waals surface area (Å²) in [6, 6.07) is 0.666. The topological polar surface area (TPSA) is 27.7 Å². The molecule has 2 fully saturated rings. The Morgan fingerprint density at radius 1 is 1.37 bits per heavy atom. The molecule has 2 aliphatic heterocycles. The Morgan fingerprint density at radius 2 is 2.21 bits per heavy atom. The van der Waals surface area contributed by atoms with Gasteiger partial charge in [0, 0.05) is 50.8 Å². The predicted octanol–water partition coefficient (Wildman–Crippen LogP) is 1.03. The third kappa shape index (κ3) is 4.15. The summed E-state index contributed by atoms with van der Waals surface area (Å²) in [5, 5.41) is 3.55. The summed E-state index contributed by atoms with van der Waals surface area (Å²) < 4.78 is 5.80. The number of likely N-dealkylation sites (N-methyl/N-ethyl adjacent to an activating group) is 1. The Morgan fingerprint density at radius 3 is 2.84 bits per heavy atom. The second-order valence-corrected chi connectivity index (χ2v) is 6.52. The zero-order valence-electron chi connectivity index (χ0n) is 13.0. The highest BCUT2D eigenvalue weighted by Gasteiger charge is 2.36. The van der Waals surface area contributed by atoms with Gasteiger partial charge in [0.1, 0.15) is 0 Å². The Labute approximate surface area is 118 Å². The van der Waals surface area contributed by atoms with Crippen molar-refractivity contribution < 1.29 is 4.74 Å². The Hall–Kier alpha value is -0.160. The fraction of sp³-hybridized carbons (Fsp3) is 1.00. The van der Waals surface area contributed by atoms with Gasteiger partial charge >= 0.3 is 0 Å². The predicted molar refractivity (Wildman–Crippen MR) is 79.6 cm³/mol. The van der Waals surface area contributed by atoms with Crippen LogP contribution < -0.4 is 5.32 Å². The van der Waals surface area contributed by atoms with Crippen LogP contribution in [0.3, 0.4) is 0 Å². The highest BCUT2D eigenvalue weighted by molar-refractivity contribution is 4.90. The van der Waals surface area contributed by atoms with Crippen molar-refractivity contribution in [3.05, 3.63) is 0 Å². The quantitative estimate of drug-likeness (QED) is 0.807. The lowest BCUT2D eigenvalue weighted by Crippen LogP contribution is -2.56. The standard InChI is InChI=1S/C15H31N3O/c1-4-16-11-15(6-5-9-19-13-15)12-18-8-7-17(3)10-14(18)2/h14,16H,4-13H2,1-3H3. The van der Waals surface area contributed by atoms with E-state index in [1.807, 2.05) is 0 Å². The molecule has 0 radical (unpaired) electrons. The molecule has 112 valence electrons. The molecule has 2 unspecified atom stereocenters. The molecular formula is C15H31N3O. The molecule has 0 spiro atoms. The van der Waals surface area contributed by atoms with E-state index in [2.05, 4.69) is 36.0 Å². The SMILES string of the molecule is CCNCC1(CN2CCN(C)CC2C)CCCOC1. The highest BCUT2D eigenvalue weighted by Crippen LogP contribution is 2.30. The molecule has 2 aliphatic rings. The van der Waals surface area contributed by atoms with Crippen LogP contribution in [-0.4, -0.2) is 75.4 Å². The largest absolute Gasteiger partial charge is 0.381 e. The van der Waals surface area contributed by atoms with Gasteiger partial charge in [-0.25, -0.2) is 0 Å². The number of nitrogens with zero attached hydrogens (tertiary/aromatic N) is 2. The monoisotopic (exact) mass is 269 g/mol. The average molecular weight is 269 g/mol. The van der Waals surface area contributed by atoms with E-state index in [1.165, 1.54) is 39.0 Å². The first-order chi connectivity index (χ1) is 9.15. The molecule has 2 atom stereocenters. The normalized spacial score (nSPS) is 34.6. The Kier molecular flexibility index (Phi) is 5.63. The van der Waals surface area contributed by atoms with Crippen LogP contribution in [0.5, 0.6) is 0 Å². The second kappa shape index (κ2) is 7.02. The molecule has 0 aromatic heterocycles. The van der Waals surface area contributed by atoms with Crippen molar-refractivity contribution in [3.8, 4) is 0 Å². The minimum Gasteiger partial charge on any atom is -0.381 e. The molecule has 19 heavy (non-hydrogen) atoms. The number of nitrogens with one attached hydrogen (secondary N) is 1. The van der Waals surface area contributed by atoms with Crippen molar-refractivity contribution in [3.63, 3.8) is 0 Å². The summed E-state index contributed by atoms with van der Waals surface area (Å²) >= 11 is 0. The van der Waals surface area contributed by atoms with Crippen LogP contribution in [-0.2, 0) is 4.74 Å². The van der Waals surface area contributed by atoms with Crippen LogP contribution in [0.1, 0.15) is 26.7 Å². The van der Waals surface area contributed by atoms with E-state index < -0.39 is 0 Å². The molecule has 0 aromatic rings. The third-order valence-electron chi connectivity index (χ3n) is 4.66. The molecule has 1 N–H and O–H groups in total. The summed E-state index contributed by atoms with van der Waals surface area (Å²) in [6.07, 6.45) is 2.52. The summed E-state index contributed by atoms with van der Waals surface area (Å²) in [5.41, 5.74) is 0.332. The van der Waals surface area contributed by atoms with E-state index in [4.69, 9.17) is 4.74 Å². The third-order valence-corrected chi connectivity index (χ3v) is 4.66. The molecular weight excluding hydrogens is 238 g/mol. The second-order valence-electron chi connectivity index (χ2n) is 6.52. The molecule has 0 bridgehead atoms. The zero-order valence-corrected chi connectivity index (χ0v) is 13.0. The average Bonchev–Trinajstić information content (AvgIpc) is 2.41. The van der Waals surface area contributed by atoms with Gasteiger partial charge in [0.25, 0.3) is 0 Å². The van der Waals surface area contributed by atoms with Crippen LogP contribution in [0.2, 0.25) is 0 Å². The minimum atomic E-state index is 0.332. The van der Waals surface area contributed by atoms with Gasteiger partial charge in [-0.2, -0.15) is 0 Å². The fourth-order valence-corrected chi connectivity index (χ4v) is 3.46. The number of ether oxygens (including phenoxy) is 1. The lowest BCUT2D eigenvalue weighted by molar-refractivity contribution is -0.0408. The number of hydrogen-bond acceptors (Lipinski definition) is 4. The molecule has 4 nitrogen and oxygen atoms in total. The summed E-state index contributed by atoms with van der Waals surface area (Å²) in [6.45, 7) is 13.4. The van der Waals surface area contributed by atoms with Gasteiger partial charge < -0.3 is 15.0 Å². The Balaban J connectivity index is 1.94. The van der Waals surface area contributed by atoms with Crippen molar-refractivity contribution >= 4 is 0 Å². The Bertz CT molecular complexity index is 266. The van der Waals surface area contributed by atoms with Crippen LogP contribution in [0, 0.1) is 5.41 Å². The molecule has 0 aliphatic carbocycles. The van der Waals surface area contributed by atoms with E-state index in [-0.39, 0.29) is 0 Å². The summed E-state index contributed by atoms with van der Waals surface area (Å²) in [5.74, 6) is 0. The van der Waals surface area contributed by atoms with Crippen molar-refractivity contribution in [2.75, 3.05) is 59.5 Å². The van der Waals surface area contributed by atoms with Gasteiger partial charge in [0.05, 0.1) is 6.61 Å². The number of hydrogen-bond donors (Lipinski definition) is 1. The van der Waals surface area contributed by atoms with Crippen LogP contribution in [0.15, 0.2) is 0 Å². The van der Waals surface area contributed by atoms with Crippen LogP contribution in [0.4, 0.5) is 0 Å². The van der Waals surface area contributed by atoms with Gasteiger partial charge in [0.15, 0.2) is 0 Å². The number of rotatable bonds is 5. The van der Waals surface area contributed by atoms with Gasteiger partial charge in [-0.05, 0) is 33.4 Å². The fourth-order valence-electron chi connectivity index (χ4n) is 3.46. The molecule has 2 heterocycles. The zero-order chi connectivity index (χ0) is 13.7. The van der Waals surface area contributed by atoms with Crippen molar-refractivity contribution in [2.45, 2.75) is 32.7 Å². The van der Waals surface area contributed by atoms with E-state index in [0.717, 1.165) is 26.3 Å². The first-order valence-electron chi connectivity index (χ1n) is 7.86.